The first-order valence-corrected chi connectivity index (χ1v) is 5.55. The molecule has 2 nitrogen and oxygen atoms in total. The molecule has 1 aromatic carbocycles. The van der Waals surface area contributed by atoms with E-state index in [9.17, 15) is 8.60 Å². The van der Waals surface area contributed by atoms with Crippen LogP contribution in [-0.4, -0.2) is 9.96 Å². The van der Waals surface area contributed by atoms with E-state index in [2.05, 4.69) is 0 Å². The highest BCUT2D eigenvalue weighted by atomic mass is 35.5. The number of hydrogen-bond donors (Lipinski definition) is 0. The molecule has 0 fully saturated rings. The first-order valence-electron chi connectivity index (χ1n) is 3.85. The van der Waals surface area contributed by atoms with Gasteiger partial charge >= 0.3 is 0 Å². The number of benzene rings is 1. The summed E-state index contributed by atoms with van der Waals surface area (Å²) in [4.78, 5) is 0.451. The second-order valence-electron chi connectivity index (χ2n) is 2.53. The van der Waals surface area contributed by atoms with E-state index >= 15 is 0 Å². The van der Waals surface area contributed by atoms with Gasteiger partial charge in [-0.05, 0) is 18.2 Å². The van der Waals surface area contributed by atoms with Crippen molar-refractivity contribution in [2.45, 2.75) is 11.3 Å². The van der Waals surface area contributed by atoms with Crippen molar-refractivity contribution in [3.05, 3.63) is 29.0 Å². The Kier molecular flexibility index (Phi) is 4.05. The first-order chi connectivity index (χ1) is 6.65. The molecule has 0 aromatic heterocycles. The summed E-state index contributed by atoms with van der Waals surface area (Å²) in [7, 11) is -1.28. The summed E-state index contributed by atoms with van der Waals surface area (Å²) < 4.78 is 24.2. The van der Waals surface area contributed by atoms with Gasteiger partial charge in [0.2, 0.25) is 0 Å². The molecule has 1 rings (SSSR count). The van der Waals surface area contributed by atoms with E-state index in [0.717, 1.165) is 0 Å². The zero-order valence-corrected chi connectivity index (χ0v) is 8.74. The SMILES string of the molecule is N#CCCS(=O)c1ccc(F)c(Cl)c1. The van der Waals surface area contributed by atoms with Crippen molar-refractivity contribution in [2.75, 3.05) is 5.75 Å². The second kappa shape index (κ2) is 5.08. The van der Waals surface area contributed by atoms with E-state index in [4.69, 9.17) is 16.9 Å². The Bertz CT molecular complexity index is 402. The zero-order chi connectivity index (χ0) is 10.6. The lowest BCUT2D eigenvalue weighted by Gasteiger charge is -2.00. The highest BCUT2D eigenvalue weighted by molar-refractivity contribution is 7.85. The Morgan fingerprint density at radius 1 is 1.57 bits per heavy atom. The lowest BCUT2D eigenvalue weighted by atomic mass is 10.3. The molecule has 0 aliphatic carbocycles. The van der Waals surface area contributed by atoms with E-state index in [1.165, 1.54) is 18.2 Å². The maximum absolute atomic E-state index is 12.7. The van der Waals surface area contributed by atoms with E-state index in [0.29, 0.717) is 4.90 Å². The number of hydrogen-bond acceptors (Lipinski definition) is 2. The molecule has 0 amide bonds. The van der Waals surface area contributed by atoms with E-state index < -0.39 is 16.6 Å². The third-order valence-electron chi connectivity index (χ3n) is 1.55. The van der Waals surface area contributed by atoms with Gasteiger partial charge in [-0.3, -0.25) is 4.21 Å². The molecular weight excluding hydrogens is 225 g/mol. The summed E-state index contributed by atoms with van der Waals surface area (Å²) in [5.74, 6) is -0.286. The third kappa shape index (κ3) is 2.79. The number of nitrogens with zero attached hydrogens (tertiary/aromatic N) is 1. The van der Waals surface area contributed by atoms with Crippen molar-refractivity contribution in [1.29, 1.82) is 5.26 Å². The normalized spacial score (nSPS) is 12.1. The molecule has 0 aliphatic heterocycles. The van der Waals surface area contributed by atoms with Crippen molar-refractivity contribution in [3.63, 3.8) is 0 Å². The predicted octanol–water partition coefficient (Wildman–Crippen LogP) is 2.50. The fourth-order valence-electron chi connectivity index (χ4n) is 0.875. The fourth-order valence-corrected chi connectivity index (χ4v) is 2.10. The molecule has 74 valence electrons. The van der Waals surface area contributed by atoms with Crippen LogP contribution in [-0.2, 0) is 10.8 Å². The van der Waals surface area contributed by atoms with E-state index in [-0.39, 0.29) is 17.2 Å². The summed E-state index contributed by atoms with van der Waals surface area (Å²) in [6.45, 7) is 0. The van der Waals surface area contributed by atoms with Crippen LogP contribution in [0, 0.1) is 17.1 Å². The molecule has 1 aromatic rings. The van der Waals surface area contributed by atoms with Gasteiger partial charge in [0.25, 0.3) is 0 Å². The number of rotatable bonds is 3. The minimum absolute atomic E-state index is 0.0483. The van der Waals surface area contributed by atoms with Gasteiger partial charge in [-0.1, -0.05) is 11.6 Å². The first kappa shape index (κ1) is 11.2. The fraction of sp³-hybridized carbons (Fsp3) is 0.222. The van der Waals surface area contributed by atoms with Crippen LogP contribution in [0.2, 0.25) is 5.02 Å². The predicted molar refractivity (Wildman–Crippen MR) is 52.9 cm³/mol. The van der Waals surface area contributed by atoms with E-state index in [1.54, 1.807) is 0 Å². The molecular formula is C9H7ClFNOS. The Morgan fingerprint density at radius 2 is 2.29 bits per heavy atom. The van der Waals surface area contributed by atoms with Crippen LogP contribution in [0.15, 0.2) is 23.1 Å². The Labute approximate surface area is 88.8 Å². The molecule has 14 heavy (non-hydrogen) atoms. The van der Waals surface area contributed by atoms with Gasteiger partial charge in [0.1, 0.15) is 5.82 Å². The number of nitriles is 1. The maximum atomic E-state index is 12.7. The lowest BCUT2D eigenvalue weighted by Crippen LogP contribution is -1.97. The monoisotopic (exact) mass is 231 g/mol. The molecule has 0 saturated heterocycles. The summed E-state index contributed by atoms with van der Waals surface area (Å²) in [6.07, 6.45) is 0.210. The van der Waals surface area contributed by atoms with Crippen molar-refractivity contribution < 1.29 is 8.60 Å². The Balaban J connectivity index is 2.82. The highest BCUT2D eigenvalue weighted by Gasteiger charge is 2.06. The van der Waals surface area contributed by atoms with Crippen LogP contribution in [0.4, 0.5) is 4.39 Å². The standard InChI is InChI=1S/C9H7ClFNOS/c10-8-6-7(2-3-9(8)11)14(13)5-1-4-12/h2-3,6H,1,5H2. The van der Waals surface area contributed by atoms with Crippen molar-refractivity contribution >= 4 is 22.4 Å². The number of halogens is 2. The molecule has 0 heterocycles. The average Bonchev–Trinajstić information content (AvgIpc) is 2.18. The Hall–Kier alpha value is -0.920. The minimum Gasteiger partial charge on any atom is -0.254 e. The van der Waals surface area contributed by atoms with Crippen molar-refractivity contribution in [2.24, 2.45) is 0 Å². The van der Waals surface area contributed by atoms with Crippen LogP contribution in [0.25, 0.3) is 0 Å². The maximum Gasteiger partial charge on any atom is 0.141 e. The smallest absolute Gasteiger partial charge is 0.141 e. The van der Waals surface area contributed by atoms with Crippen molar-refractivity contribution in [1.82, 2.24) is 0 Å². The van der Waals surface area contributed by atoms with Gasteiger partial charge in [-0.15, -0.1) is 0 Å². The van der Waals surface area contributed by atoms with Crippen molar-refractivity contribution in [3.8, 4) is 6.07 Å². The van der Waals surface area contributed by atoms with Gasteiger partial charge in [-0.25, -0.2) is 4.39 Å². The van der Waals surface area contributed by atoms with Crippen LogP contribution in [0.3, 0.4) is 0 Å². The van der Waals surface area contributed by atoms with Gasteiger partial charge in [-0.2, -0.15) is 5.26 Å². The quantitative estimate of drug-likeness (QED) is 0.802. The molecule has 5 heteroatoms. The molecule has 1 atom stereocenters. The van der Waals surface area contributed by atoms with Gasteiger partial charge in [0.15, 0.2) is 0 Å². The van der Waals surface area contributed by atoms with Gasteiger partial charge in [0.05, 0.1) is 21.9 Å². The summed E-state index contributed by atoms with van der Waals surface area (Å²) in [5, 5.41) is 8.24. The highest BCUT2D eigenvalue weighted by Crippen LogP contribution is 2.18. The van der Waals surface area contributed by atoms with Gasteiger partial charge in [0, 0.05) is 17.1 Å². The topological polar surface area (TPSA) is 40.9 Å². The molecule has 0 saturated carbocycles. The summed E-state index contributed by atoms with van der Waals surface area (Å²) in [5.41, 5.74) is 0. The van der Waals surface area contributed by atoms with Crippen LogP contribution < -0.4 is 0 Å². The largest absolute Gasteiger partial charge is 0.254 e. The molecule has 0 radical (unpaired) electrons. The van der Waals surface area contributed by atoms with Crippen LogP contribution in [0.1, 0.15) is 6.42 Å². The summed E-state index contributed by atoms with van der Waals surface area (Å²) >= 11 is 5.52. The Morgan fingerprint density at radius 3 is 2.86 bits per heavy atom. The average molecular weight is 232 g/mol. The molecule has 0 bridgehead atoms. The van der Waals surface area contributed by atoms with Gasteiger partial charge < -0.3 is 0 Å². The summed E-state index contributed by atoms with van der Waals surface area (Å²) in [6, 6.07) is 5.80. The molecule has 1 unspecified atom stereocenters. The minimum atomic E-state index is -1.28. The van der Waals surface area contributed by atoms with E-state index in [1.807, 2.05) is 6.07 Å². The third-order valence-corrected chi connectivity index (χ3v) is 3.20. The lowest BCUT2D eigenvalue weighted by molar-refractivity contribution is 0.626. The zero-order valence-electron chi connectivity index (χ0n) is 7.17. The molecule has 0 spiro atoms. The second-order valence-corrected chi connectivity index (χ2v) is 4.51. The van der Waals surface area contributed by atoms with Crippen LogP contribution in [0.5, 0.6) is 0 Å². The molecule has 0 N–H and O–H groups in total. The van der Waals surface area contributed by atoms with Crippen LogP contribution >= 0.6 is 11.6 Å². The molecule has 0 aliphatic rings.